The van der Waals surface area contributed by atoms with Gasteiger partial charge in [-0.3, -0.25) is 19.2 Å². The number of Topliss-reactive ketones (excluding diaryl/α,β-unsaturated/α-hetero) is 1. The highest BCUT2D eigenvalue weighted by Crippen LogP contribution is 2.29. The van der Waals surface area contributed by atoms with Gasteiger partial charge in [0, 0.05) is 69.1 Å². The van der Waals surface area contributed by atoms with Crippen molar-refractivity contribution in [3.63, 3.8) is 0 Å². The van der Waals surface area contributed by atoms with Crippen molar-refractivity contribution in [3.8, 4) is 5.75 Å². The summed E-state index contributed by atoms with van der Waals surface area (Å²) in [6.07, 6.45) is 5.70. The highest BCUT2D eigenvalue weighted by molar-refractivity contribution is 6.23. The van der Waals surface area contributed by atoms with Crippen molar-refractivity contribution in [1.82, 2.24) is 10.6 Å². The first-order chi connectivity index (χ1) is 29.7. The highest BCUT2D eigenvalue weighted by atomic mass is 16.6. The van der Waals surface area contributed by atoms with E-state index in [0.717, 1.165) is 12.5 Å². The maximum atomic E-state index is 14.1. The van der Waals surface area contributed by atoms with Gasteiger partial charge in [0.15, 0.2) is 17.4 Å². The Morgan fingerprint density at radius 2 is 1.79 bits per heavy atom. The molecule has 0 radical (unpaired) electrons. The summed E-state index contributed by atoms with van der Waals surface area (Å²) in [5.74, 6) is -1.17. The predicted octanol–water partition coefficient (Wildman–Crippen LogP) is 4.54. The lowest BCUT2D eigenvalue weighted by Gasteiger charge is -2.30. The molecule has 5 rings (SSSR count). The number of amides is 2. The number of methoxy groups -OCH3 is 2. The molecule has 0 unspecified atom stereocenters. The Morgan fingerprint density at radius 1 is 1.03 bits per heavy atom. The smallest absolute Gasteiger partial charge is 0.405 e. The van der Waals surface area contributed by atoms with Crippen molar-refractivity contribution in [1.29, 1.82) is 0 Å². The Balaban J connectivity index is 1.27. The van der Waals surface area contributed by atoms with Gasteiger partial charge >= 0.3 is 6.09 Å². The fourth-order valence-electron chi connectivity index (χ4n) is 7.74. The number of primary amides is 1. The van der Waals surface area contributed by atoms with Crippen LogP contribution in [0, 0.1) is 11.8 Å². The van der Waals surface area contributed by atoms with E-state index in [0.29, 0.717) is 86.9 Å². The number of hydrogen-bond acceptors (Lipinski definition) is 14. The van der Waals surface area contributed by atoms with Gasteiger partial charge in [-0.05, 0) is 69.6 Å². The van der Waals surface area contributed by atoms with E-state index >= 15 is 0 Å². The molecule has 3 aliphatic rings. The summed E-state index contributed by atoms with van der Waals surface area (Å²) in [4.78, 5) is 67.7. The van der Waals surface area contributed by atoms with Crippen molar-refractivity contribution >= 4 is 40.4 Å². The normalized spacial score (nSPS) is 26.8. The number of morpholine rings is 1. The van der Waals surface area contributed by atoms with Gasteiger partial charge in [0.05, 0.1) is 48.8 Å². The first-order valence-electron chi connectivity index (χ1n) is 21.1. The first-order valence-corrected chi connectivity index (χ1v) is 21.1. The van der Waals surface area contributed by atoms with Crippen molar-refractivity contribution < 1.29 is 52.4 Å². The second-order valence-electron chi connectivity index (χ2n) is 16.0. The summed E-state index contributed by atoms with van der Waals surface area (Å²) in [6.45, 7) is 10.2. The molecule has 62 heavy (non-hydrogen) atoms. The van der Waals surface area contributed by atoms with Crippen LogP contribution in [-0.2, 0) is 33.3 Å². The van der Waals surface area contributed by atoms with Crippen LogP contribution in [0.2, 0.25) is 0 Å². The van der Waals surface area contributed by atoms with Gasteiger partial charge in [0.2, 0.25) is 11.6 Å². The number of carbonyl (C=O) groups excluding carboxylic acids is 4. The molecule has 16 nitrogen and oxygen atoms in total. The van der Waals surface area contributed by atoms with Crippen LogP contribution in [0.5, 0.6) is 5.75 Å². The monoisotopic (exact) mass is 860 g/mol. The second kappa shape index (κ2) is 22.5. The van der Waals surface area contributed by atoms with Crippen LogP contribution < -0.4 is 31.4 Å². The van der Waals surface area contributed by atoms with E-state index in [4.69, 9.17) is 33.8 Å². The molecule has 3 heterocycles. The second-order valence-corrected chi connectivity index (χ2v) is 16.0. The molecular formula is C46H60N4O12. The number of anilines is 1. The Kier molecular flexibility index (Phi) is 17.2. The van der Waals surface area contributed by atoms with Gasteiger partial charge in [0.25, 0.3) is 5.91 Å². The zero-order valence-corrected chi connectivity index (χ0v) is 36.4. The third-order valence-electron chi connectivity index (χ3n) is 11.2. The molecule has 16 heteroatoms. The number of ether oxygens (including phenoxy) is 5. The van der Waals surface area contributed by atoms with Crippen molar-refractivity contribution in [3.05, 3.63) is 93.0 Å². The van der Waals surface area contributed by atoms with E-state index in [1.807, 2.05) is 11.8 Å². The standard InChI is InChI=1S/C46H60N4O12/c1-27-21-33-41(48-15-8-7-9-18-60-31-13-14-32-35(51)26-40(61-38(32)24-31)50-16-19-59-20-17-50)36(52)25-34(43(33)54)49-45(55)28(2)11-10-12-37(57-5)44(62-46(47)56)30(4)23-29(3)42(53)39(22-27)58-6/h10-14,23-27,29,37,39,42,44,48,53H,7-9,15-22H2,1-6H3,(H2,47,56)(H,49,55)/b12-10-,28-11+,30-23+/t27-,29+,37+,39+,42-,44+/m1/s1. The molecule has 5 N–H and O–H groups in total. The van der Waals surface area contributed by atoms with Gasteiger partial charge in [0.1, 0.15) is 17.4 Å². The molecule has 2 bridgehead atoms. The van der Waals surface area contributed by atoms with E-state index in [1.54, 1.807) is 57.2 Å². The number of nitrogens with one attached hydrogen (secondary N) is 2. The van der Waals surface area contributed by atoms with E-state index in [2.05, 4.69) is 10.6 Å². The number of fused-ring (bicyclic) bond motifs is 3. The van der Waals surface area contributed by atoms with Crippen molar-refractivity contribution in [2.75, 3.05) is 58.6 Å². The molecule has 2 amide bonds. The Morgan fingerprint density at radius 3 is 2.50 bits per heavy atom. The molecule has 1 aromatic carbocycles. The van der Waals surface area contributed by atoms with Crippen LogP contribution in [-0.4, -0.2) is 107 Å². The summed E-state index contributed by atoms with van der Waals surface area (Å²) in [5.41, 5.74) is 6.78. The van der Waals surface area contributed by atoms with Crippen LogP contribution in [0.1, 0.15) is 59.8 Å². The third-order valence-corrected chi connectivity index (χ3v) is 11.2. The van der Waals surface area contributed by atoms with Crippen LogP contribution in [0.25, 0.3) is 11.0 Å². The molecule has 336 valence electrons. The topological polar surface area (TPSA) is 218 Å². The van der Waals surface area contributed by atoms with Crippen molar-refractivity contribution in [2.45, 2.75) is 84.2 Å². The number of rotatable bonds is 12. The largest absolute Gasteiger partial charge is 0.493 e. The van der Waals surface area contributed by atoms with Crippen LogP contribution in [0.15, 0.2) is 92.0 Å². The zero-order valence-electron chi connectivity index (χ0n) is 36.4. The van der Waals surface area contributed by atoms with E-state index in [1.165, 1.54) is 26.4 Å². The number of aliphatic hydroxyl groups is 1. The van der Waals surface area contributed by atoms with Gasteiger partial charge in [-0.15, -0.1) is 0 Å². The van der Waals surface area contributed by atoms with Crippen molar-refractivity contribution in [2.24, 2.45) is 17.6 Å². The quantitative estimate of drug-likeness (QED) is 0.131. The molecule has 1 aliphatic carbocycles. The van der Waals surface area contributed by atoms with Gasteiger partial charge in [-0.25, -0.2) is 4.79 Å². The number of benzene rings is 1. The average molecular weight is 861 g/mol. The molecule has 1 aromatic heterocycles. The molecule has 0 spiro atoms. The molecule has 6 atom stereocenters. The molecule has 2 aliphatic heterocycles. The lowest BCUT2D eigenvalue weighted by atomic mass is 9.85. The highest BCUT2D eigenvalue weighted by Gasteiger charge is 2.33. The number of ketones is 2. The fraction of sp³-hybridized carbons (Fsp3) is 0.500. The third kappa shape index (κ3) is 12.5. The van der Waals surface area contributed by atoms with Crippen LogP contribution >= 0.6 is 0 Å². The first kappa shape index (κ1) is 47.5. The lowest BCUT2D eigenvalue weighted by Crippen LogP contribution is -2.38. The summed E-state index contributed by atoms with van der Waals surface area (Å²) in [7, 11) is 2.92. The number of nitrogens with zero attached hydrogens (tertiary/aromatic N) is 1. The average Bonchev–Trinajstić information content (AvgIpc) is 3.25. The maximum Gasteiger partial charge on any atom is 0.405 e. The fourth-order valence-corrected chi connectivity index (χ4v) is 7.74. The zero-order chi connectivity index (χ0) is 44.9. The Hall–Kier alpha value is -5.55. The maximum absolute atomic E-state index is 14.1. The minimum Gasteiger partial charge on any atom is -0.493 e. The van der Waals surface area contributed by atoms with Gasteiger partial charge in [-0.1, -0.05) is 38.2 Å². The molecule has 1 saturated heterocycles. The van der Waals surface area contributed by atoms with E-state index < -0.39 is 53.9 Å². The Bertz CT molecular complexity index is 2160. The number of aliphatic hydroxyl groups excluding tert-OH is 1. The number of unbranched alkanes of at least 4 members (excludes halogenated alkanes) is 2. The van der Waals surface area contributed by atoms with Crippen LogP contribution in [0.4, 0.5) is 10.7 Å². The molecule has 1 fully saturated rings. The number of hydrogen-bond donors (Lipinski definition) is 4. The predicted molar refractivity (Wildman–Crippen MR) is 232 cm³/mol. The molecule has 2 aromatic rings. The summed E-state index contributed by atoms with van der Waals surface area (Å²) in [6, 6.07) is 6.69. The summed E-state index contributed by atoms with van der Waals surface area (Å²) >= 11 is 0. The van der Waals surface area contributed by atoms with Crippen LogP contribution in [0.3, 0.4) is 0 Å². The van der Waals surface area contributed by atoms with Gasteiger partial charge in [-0.2, -0.15) is 0 Å². The minimum absolute atomic E-state index is 0.123. The minimum atomic E-state index is -1.01. The number of nitrogens with two attached hydrogens (primary N) is 1. The lowest BCUT2D eigenvalue weighted by molar-refractivity contribution is -0.120. The molecular weight excluding hydrogens is 801 g/mol. The van der Waals surface area contributed by atoms with Gasteiger partial charge < -0.3 is 54.5 Å². The number of carbonyl (C=O) groups is 4. The number of allylic oxidation sites excluding steroid dienone is 4. The molecule has 0 saturated carbocycles. The van der Waals surface area contributed by atoms with E-state index in [-0.39, 0.29) is 40.3 Å². The Labute approximate surface area is 361 Å². The SMILES string of the molecule is CO[C@H]1/C=C\C=C(/C)C(=O)NC2=CC(=O)C(NCCCCCOc3ccc4c(=O)cc(N5CCOCC5)oc4c3)=C(C[C@@H](C)C[C@H](OC)[C@H](O)[C@@H](C)/C=C(\C)[C@@H]1OC(N)=O)C2=O. The summed E-state index contributed by atoms with van der Waals surface area (Å²) < 4.78 is 34.3. The summed E-state index contributed by atoms with van der Waals surface area (Å²) in [5, 5.41) is 17.8. The van der Waals surface area contributed by atoms with E-state index in [9.17, 15) is 29.1 Å².